The number of piperidine rings is 1. The van der Waals surface area contributed by atoms with Crippen molar-refractivity contribution in [2.24, 2.45) is 0 Å². The van der Waals surface area contributed by atoms with Crippen molar-refractivity contribution >= 4 is 17.8 Å². The molecule has 0 radical (unpaired) electrons. The lowest BCUT2D eigenvalue weighted by molar-refractivity contribution is -0.139. The molecule has 1 aliphatic heterocycles. The quantitative estimate of drug-likeness (QED) is 0.415. The summed E-state index contributed by atoms with van der Waals surface area (Å²) in [6.45, 7) is 0.0125. The summed E-state index contributed by atoms with van der Waals surface area (Å²) in [5, 5.41) is 22.5. The minimum Gasteiger partial charge on any atom is -0.481 e. The number of carbonyl (C=O) groups is 3. The highest BCUT2D eigenvalue weighted by molar-refractivity contribution is 6.00. The third-order valence-electron chi connectivity index (χ3n) is 2.25. The lowest BCUT2D eigenvalue weighted by Crippen LogP contribution is -2.52. The number of carboxylic acids is 1. The largest absolute Gasteiger partial charge is 0.481 e. The molecule has 0 saturated carbocycles. The molecule has 1 fully saturated rings. The summed E-state index contributed by atoms with van der Waals surface area (Å²) in [4.78, 5) is 32.3. The van der Waals surface area contributed by atoms with E-state index < -0.39 is 24.0 Å². The van der Waals surface area contributed by atoms with Gasteiger partial charge in [0.15, 0.2) is 0 Å². The number of imide groups is 1. The number of hydrogen-bond donors (Lipinski definition) is 4. The van der Waals surface area contributed by atoms with E-state index in [2.05, 4.69) is 10.6 Å². The van der Waals surface area contributed by atoms with Crippen molar-refractivity contribution in [1.29, 1.82) is 0 Å². The van der Waals surface area contributed by atoms with Crippen LogP contribution in [0.3, 0.4) is 0 Å². The summed E-state index contributed by atoms with van der Waals surface area (Å²) in [6, 6.07) is -0.541. The molecule has 0 aromatic rings. The van der Waals surface area contributed by atoms with Gasteiger partial charge in [-0.15, -0.1) is 0 Å². The molecule has 0 aliphatic carbocycles. The van der Waals surface area contributed by atoms with Gasteiger partial charge in [-0.3, -0.25) is 19.7 Å². The van der Waals surface area contributed by atoms with Gasteiger partial charge in [0.1, 0.15) is 0 Å². The van der Waals surface area contributed by atoms with Crippen LogP contribution in [0.1, 0.15) is 19.3 Å². The zero-order valence-corrected chi connectivity index (χ0v) is 8.60. The molecule has 2 amide bonds. The van der Waals surface area contributed by atoms with E-state index in [1.165, 1.54) is 0 Å². The SMILES string of the molecule is O=C(O)CC(O)CNC1CCC(=O)NC1=O. The predicted octanol–water partition coefficient (Wildman–Crippen LogP) is -1.78. The Bertz CT molecular complexity index is 304. The topological polar surface area (TPSA) is 116 Å². The Kier molecular flexibility index (Phi) is 4.39. The molecule has 2 atom stereocenters. The number of carboxylic acid groups (broad SMARTS) is 1. The summed E-state index contributed by atoms with van der Waals surface area (Å²) in [6.07, 6.45) is -0.800. The van der Waals surface area contributed by atoms with Crippen molar-refractivity contribution < 1.29 is 24.6 Å². The van der Waals surface area contributed by atoms with Gasteiger partial charge in [0.25, 0.3) is 0 Å². The van der Waals surface area contributed by atoms with Crippen molar-refractivity contribution in [2.75, 3.05) is 6.54 Å². The van der Waals surface area contributed by atoms with Gasteiger partial charge in [0.05, 0.1) is 18.6 Å². The first-order valence-electron chi connectivity index (χ1n) is 4.96. The Morgan fingerprint density at radius 2 is 2.25 bits per heavy atom. The normalized spacial score (nSPS) is 22.7. The van der Waals surface area contributed by atoms with Gasteiger partial charge < -0.3 is 15.5 Å². The van der Waals surface area contributed by atoms with Crippen LogP contribution in [0.2, 0.25) is 0 Å². The second-order valence-corrected chi connectivity index (χ2v) is 3.66. The van der Waals surface area contributed by atoms with Crippen LogP contribution in [0.25, 0.3) is 0 Å². The zero-order valence-electron chi connectivity index (χ0n) is 8.60. The zero-order chi connectivity index (χ0) is 12.1. The van der Waals surface area contributed by atoms with Crippen LogP contribution in [-0.4, -0.2) is 46.7 Å². The average Bonchev–Trinajstić information content (AvgIpc) is 2.15. The van der Waals surface area contributed by atoms with E-state index in [0.29, 0.717) is 6.42 Å². The maximum Gasteiger partial charge on any atom is 0.306 e. The molecular weight excluding hydrogens is 216 g/mol. The lowest BCUT2D eigenvalue weighted by Gasteiger charge is -2.22. The minimum atomic E-state index is -1.10. The standard InChI is InChI=1S/C9H14N2O5/c12-5(3-8(14)15)4-10-6-1-2-7(13)11-9(6)16/h5-6,10,12H,1-4H2,(H,14,15)(H,11,13,16). The fourth-order valence-corrected chi connectivity index (χ4v) is 1.44. The molecule has 0 aromatic heterocycles. The summed E-state index contributed by atoms with van der Waals surface area (Å²) in [7, 11) is 0. The highest BCUT2D eigenvalue weighted by Crippen LogP contribution is 2.04. The van der Waals surface area contributed by atoms with E-state index >= 15 is 0 Å². The van der Waals surface area contributed by atoms with Crippen LogP contribution in [0.15, 0.2) is 0 Å². The van der Waals surface area contributed by atoms with Crippen LogP contribution >= 0.6 is 0 Å². The first kappa shape index (κ1) is 12.6. The lowest BCUT2D eigenvalue weighted by atomic mass is 10.1. The number of rotatable bonds is 5. The fourth-order valence-electron chi connectivity index (χ4n) is 1.44. The van der Waals surface area contributed by atoms with Crippen molar-refractivity contribution in [1.82, 2.24) is 10.6 Å². The molecule has 0 aromatic carbocycles. The first-order chi connectivity index (χ1) is 7.49. The summed E-state index contributed by atoms with van der Waals surface area (Å²) < 4.78 is 0. The van der Waals surface area contributed by atoms with Crippen LogP contribution in [0.4, 0.5) is 0 Å². The van der Waals surface area contributed by atoms with Crippen molar-refractivity contribution in [3.63, 3.8) is 0 Å². The molecule has 1 saturated heterocycles. The minimum absolute atomic E-state index is 0.0125. The molecule has 0 bridgehead atoms. The Hall–Kier alpha value is -1.47. The van der Waals surface area contributed by atoms with Crippen molar-refractivity contribution in [3.05, 3.63) is 0 Å². The predicted molar refractivity (Wildman–Crippen MR) is 52.4 cm³/mol. The number of hydrogen-bond acceptors (Lipinski definition) is 5. The maximum atomic E-state index is 11.2. The number of aliphatic hydroxyl groups excluding tert-OH is 1. The van der Waals surface area contributed by atoms with E-state index in [4.69, 9.17) is 5.11 Å². The average molecular weight is 230 g/mol. The number of amides is 2. The smallest absolute Gasteiger partial charge is 0.306 e. The molecule has 4 N–H and O–H groups in total. The molecular formula is C9H14N2O5. The van der Waals surface area contributed by atoms with Crippen LogP contribution in [0, 0.1) is 0 Å². The van der Waals surface area contributed by atoms with Gasteiger partial charge >= 0.3 is 5.97 Å². The highest BCUT2D eigenvalue weighted by Gasteiger charge is 2.26. The van der Waals surface area contributed by atoms with Gasteiger partial charge in [0, 0.05) is 13.0 Å². The van der Waals surface area contributed by atoms with Crippen LogP contribution in [0.5, 0.6) is 0 Å². The maximum absolute atomic E-state index is 11.2. The van der Waals surface area contributed by atoms with Crippen molar-refractivity contribution in [3.8, 4) is 0 Å². The number of nitrogens with one attached hydrogen (secondary N) is 2. The molecule has 0 spiro atoms. The molecule has 1 heterocycles. The second-order valence-electron chi connectivity index (χ2n) is 3.66. The highest BCUT2D eigenvalue weighted by atomic mass is 16.4. The second kappa shape index (κ2) is 5.57. The van der Waals surface area contributed by atoms with E-state index in [1.807, 2.05) is 0 Å². The summed E-state index contributed by atoms with van der Waals surface area (Å²) in [5.41, 5.74) is 0. The van der Waals surface area contributed by atoms with Crippen molar-refractivity contribution in [2.45, 2.75) is 31.4 Å². The number of aliphatic carboxylic acids is 1. The van der Waals surface area contributed by atoms with Gasteiger partial charge in [-0.1, -0.05) is 0 Å². The molecule has 90 valence electrons. The Labute approximate surface area is 91.8 Å². The van der Waals surface area contributed by atoms with E-state index in [1.54, 1.807) is 0 Å². The molecule has 7 heteroatoms. The van der Waals surface area contributed by atoms with Crippen LogP contribution in [-0.2, 0) is 14.4 Å². The molecule has 1 aliphatic rings. The third kappa shape index (κ3) is 3.95. The van der Waals surface area contributed by atoms with Gasteiger partial charge in [-0.05, 0) is 6.42 Å². The van der Waals surface area contributed by atoms with E-state index in [0.717, 1.165) is 0 Å². The first-order valence-corrected chi connectivity index (χ1v) is 4.96. The summed E-state index contributed by atoms with van der Waals surface area (Å²) in [5.74, 6) is -1.84. The van der Waals surface area contributed by atoms with Crippen LogP contribution < -0.4 is 10.6 Å². The monoisotopic (exact) mass is 230 g/mol. The number of aliphatic hydroxyl groups is 1. The molecule has 16 heavy (non-hydrogen) atoms. The molecule has 7 nitrogen and oxygen atoms in total. The number of carbonyl (C=O) groups excluding carboxylic acids is 2. The Morgan fingerprint density at radius 3 is 2.81 bits per heavy atom. The third-order valence-corrected chi connectivity index (χ3v) is 2.25. The van der Waals surface area contributed by atoms with Gasteiger partial charge in [0.2, 0.25) is 11.8 Å². The Morgan fingerprint density at radius 1 is 1.56 bits per heavy atom. The van der Waals surface area contributed by atoms with Gasteiger partial charge in [-0.2, -0.15) is 0 Å². The molecule has 1 rings (SSSR count). The Balaban J connectivity index is 2.29. The van der Waals surface area contributed by atoms with Gasteiger partial charge in [-0.25, -0.2) is 0 Å². The summed E-state index contributed by atoms with van der Waals surface area (Å²) >= 11 is 0. The fraction of sp³-hybridized carbons (Fsp3) is 0.667. The van der Waals surface area contributed by atoms with E-state index in [-0.39, 0.29) is 25.3 Å². The van der Waals surface area contributed by atoms with E-state index in [9.17, 15) is 19.5 Å². The molecule has 2 unspecified atom stereocenters.